The standard InChI is InChI=1S/C11H16N4OS/c1-6(2)9(10(12)16)15-8-4-3-7(5-14-8)11(13)17/h3-6,9H,1-2H3,(H2,12,16)(H2,13,17)(H,14,15). The molecule has 6 heteroatoms. The van der Waals surface area contributed by atoms with Crippen LogP contribution in [0.5, 0.6) is 0 Å². The fourth-order valence-corrected chi connectivity index (χ4v) is 1.47. The maximum absolute atomic E-state index is 11.2. The molecule has 0 aromatic carbocycles. The Morgan fingerprint density at radius 3 is 2.41 bits per heavy atom. The first-order chi connectivity index (χ1) is 7.91. The zero-order valence-corrected chi connectivity index (χ0v) is 10.6. The van der Waals surface area contributed by atoms with Crippen LogP contribution in [0, 0.1) is 5.92 Å². The number of primary amides is 1. The van der Waals surface area contributed by atoms with E-state index >= 15 is 0 Å². The monoisotopic (exact) mass is 252 g/mol. The molecule has 0 fully saturated rings. The van der Waals surface area contributed by atoms with Crippen molar-refractivity contribution in [2.24, 2.45) is 17.4 Å². The summed E-state index contributed by atoms with van der Waals surface area (Å²) in [6.45, 7) is 3.82. The lowest BCUT2D eigenvalue weighted by Crippen LogP contribution is -2.39. The zero-order valence-electron chi connectivity index (χ0n) is 9.81. The first-order valence-corrected chi connectivity index (χ1v) is 5.64. The molecular formula is C11H16N4OS. The van der Waals surface area contributed by atoms with Gasteiger partial charge < -0.3 is 16.8 Å². The lowest BCUT2D eigenvalue weighted by atomic mass is 10.0. The van der Waals surface area contributed by atoms with E-state index in [0.717, 1.165) is 0 Å². The fourth-order valence-electron chi connectivity index (χ4n) is 1.35. The molecule has 0 aliphatic heterocycles. The van der Waals surface area contributed by atoms with Gasteiger partial charge in [0.1, 0.15) is 16.8 Å². The lowest BCUT2D eigenvalue weighted by Gasteiger charge is -2.19. The number of amides is 1. The molecule has 1 aromatic heterocycles. The lowest BCUT2D eigenvalue weighted by molar-refractivity contribution is -0.119. The third kappa shape index (κ3) is 3.67. The molecule has 0 aliphatic carbocycles. The molecule has 1 rings (SSSR count). The van der Waals surface area contributed by atoms with Gasteiger partial charge in [0.15, 0.2) is 0 Å². The van der Waals surface area contributed by atoms with Crippen molar-refractivity contribution in [3.8, 4) is 0 Å². The van der Waals surface area contributed by atoms with E-state index < -0.39 is 11.9 Å². The van der Waals surface area contributed by atoms with Gasteiger partial charge in [-0.05, 0) is 18.1 Å². The number of nitrogens with two attached hydrogens (primary N) is 2. The van der Waals surface area contributed by atoms with Crippen molar-refractivity contribution < 1.29 is 4.79 Å². The SMILES string of the molecule is CC(C)C(Nc1ccc(C(N)=S)cn1)C(N)=O. The first-order valence-electron chi connectivity index (χ1n) is 5.23. The van der Waals surface area contributed by atoms with Crippen molar-refractivity contribution in [1.29, 1.82) is 0 Å². The van der Waals surface area contributed by atoms with Crippen molar-refractivity contribution in [2.45, 2.75) is 19.9 Å². The van der Waals surface area contributed by atoms with Crippen molar-refractivity contribution >= 4 is 28.9 Å². The summed E-state index contributed by atoms with van der Waals surface area (Å²) < 4.78 is 0. The highest BCUT2D eigenvalue weighted by Crippen LogP contribution is 2.11. The number of thiocarbonyl (C=S) groups is 1. The Labute approximate surface area is 106 Å². The van der Waals surface area contributed by atoms with Crippen LogP contribution in [0.4, 0.5) is 5.82 Å². The second kappa shape index (κ2) is 5.58. The molecule has 0 radical (unpaired) electrons. The third-order valence-corrected chi connectivity index (χ3v) is 2.56. The van der Waals surface area contributed by atoms with Crippen LogP contribution in [0.25, 0.3) is 0 Å². The van der Waals surface area contributed by atoms with E-state index in [9.17, 15) is 4.79 Å². The smallest absolute Gasteiger partial charge is 0.240 e. The Morgan fingerprint density at radius 2 is 2.06 bits per heavy atom. The number of hydrogen-bond acceptors (Lipinski definition) is 4. The van der Waals surface area contributed by atoms with E-state index in [1.54, 1.807) is 18.3 Å². The number of rotatable bonds is 5. The summed E-state index contributed by atoms with van der Waals surface area (Å²) in [7, 11) is 0. The summed E-state index contributed by atoms with van der Waals surface area (Å²) in [6, 6.07) is 3.02. The summed E-state index contributed by atoms with van der Waals surface area (Å²) in [5.74, 6) is 0.257. The Balaban J connectivity index is 2.80. The van der Waals surface area contributed by atoms with Gasteiger partial charge in [0.2, 0.25) is 5.91 Å². The van der Waals surface area contributed by atoms with Gasteiger partial charge in [-0.15, -0.1) is 0 Å². The molecule has 0 saturated heterocycles. The molecule has 92 valence electrons. The van der Waals surface area contributed by atoms with Gasteiger partial charge in [-0.3, -0.25) is 4.79 Å². The summed E-state index contributed by atoms with van der Waals surface area (Å²) in [5.41, 5.74) is 11.4. The number of nitrogens with zero attached hydrogens (tertiary/aromatic N) is 1. The number of hydrogen-bond donors (Lipinski definition) is 3. The molecule has 1 atom stereocenters. The number of nitrogens with one attached hydrogen (secondary N) is 1. The van der Waals surface area contributed by atoms with Crippen LogP contribution in [0.1, 0.15) is 19.4 Å². The van der Waals surface area contributed by atoms with Crippen molar-refractivity contribution in [3.63, 3.8) is 0 Å². The Kier molecular flexibility index (Phi) is 4.39. The van der Waals surface area contributed by atoms with E-state index in [2.05, 4.69) is 10.3 Å². The molecule has 1 aromatic rings. The number of carbonyl (C=O) groups is 1. The molecule has 1 amide bonds. The average Bonchev–Trinajstić information content (AvgIpc) is 2.25. The molecule has 1 unspecified atom stereocenters. The predicted octanol–water partition coefficient (Wildman–Crippen LogP) is 0.638. The van der Waals surface area contributed by atoms with Crippen molar-refractivity contribution in [2.75, 3.05) is 5.32 Å². The Hall–Kier alpha value is -1.69. The normalized spacial score (nSPS) is 12.2. The summed E-state index contributed by atoms with van der Waals surface area (Å²) in [5, 5.41) is 2.97. The minimum absolute atomic E-state index is 0.0876. The van der Waals surface area contributed by atoms with Crippen LogP contribution in [-0.2, 0) is 4.79 Å². The van der Waals surface area contributed by atoms with Crippen LogP contribution >= 0.6 is 12.2 Å². The maximum atomic E-state index is 11.2. The van der Waals surface area contributed by atoms with Crippen LogP contribution < -0.4 is 16.8 Å². The van der Waals surface area contributed by atoms with Gasteiger partial charge in [-0.2, -0.15) is 0 Å². The van der Waals surface area contributed by atoms with Crippen LogP contribution in [0.2, 0.25) is 0 Å². The first kappa shape index (κ1) is 13.4. The van der Waals surface area contributed by atoms with Crippen LogP contribution in [-0.4, -0.2) is 21.9 Å². The van der Waals surface area contributed by atoms with Crippen LogP contribution in [0.15, 0.2) is 18.3 Å². The van der Waals surface area contributed by atoms with Gasteiger partial charge >= 0.3 is 0 Å². The highest BCUT2D eigenvalue weighted by molar-refractivity contribution is 7.80. The van der Waals surface area contributed by atoms with Gasteiger partial charge in [-0.25, -0.2) is 4.98 Å². The molecule has 5 nitrogen and oxygen atoms in total. The Morgan fingerprint density at radius 1 is 1.41 bits per heavy atom. The molecule has 0 bridgehead atoms. The summed E-state index contributed by atoms with van der Waals surface area (Å²) in [6.07, 6.45) is 1.56. The molecule has 0 saturated carbocycles. The van der Waals surface area contributed by atoms with Gasteiger partial charge in [0.05, 0.1) is 0 Å². The molecule has 0 spiro atoms. The molecule has 1 heterocycles. The average molecular weight is 252 g/mol. The minimum atomic E-state index is -0.446. The minimum Gasteiger partial charge on any atom is -0.389 e. The highest BCUT2D eigenvalue weighted by atomic mass is 32.1. The summed E-state index contributed by atoms with van der Waals surface area (Å²) >= 11 is 4.82. The molecule has 17 heavy (non-hydrogen) atoms. The van der Waals surface area contributed by atoms with E-state index in [-0.39, 0.29) is 5.92 Å². The van der Waals surface area contributed by atoms with E-state index in [1.165, 1.54) is 0 Å². The molecule has 0 aliphatic rings. The fraction of sp³-hybridized carbons (Fsp3) is 0.364. The van der Waals surface area contributed by atoms with E-state index in [1.807, 2.05) is 13.8 Å². The third-order valence-electron chi connectivity index (χ3n) is 2.32. The number of pyridine rings is 1. The van der Waals surface area contributed by atoms with Crippen molar-refractivity contribution in [3.05, 3.63) is 23.9 Å². The number of aromatic nitrogens is 1. The number of anilines is 1. The van der Waals surface area contributed by atoms with Crippen LogP contribution in [0.3, 0.4) is 0 Å². The zero-order chi connectivity index (χ0) is 13.0. The number of carbonyl (C=O) groups excluding carboxylic acids is 1. The topological polar surface area (TPSA) is 94.0 Å². The maximum Gasteiger partial charge on any atom is 0.240 e. The highest BCUT2D eigenvalue weighted by Gasteiger charge is 2.19. The Bertz CT molecular complexity index is 416. The van der Waals surface area contributed by atoms with E-state index in [0.29, 0.717) is 16.4 Å². The summed E-state index contributed by atoms with van der Waals surface area (Å²) in [4.78, 5) is 15.6. The molecular weight excluding hydrogens is 236 g/mol. The van der Waals surface area contributed by atoms with Gasteiger partial charge in [-0.1, -0.05) is 26.1 Å². The largest absolute Gasteiger partial charge is 0.389 e. The van der Waals surface area contributed by atoms with Gasteiger partial charge in [0.25, 0.3) is 0 Å². The van der Waals surface area contributed by atoms with E-state index in [4.69, 9.17) is 23.7 Å². The van der Waals surface area contributed by atoms with Gasteiger partial charge in [0, 0.05) is 11.8 Å². The second-order valence-electron chi connectivity index (χ2n) is 4.06. The predicted molar refractivity (Wildman–Crippen MR) is 71.6 cm³/mol. The quantitative estimate of drug-likeness (QED) is 0.668. The molecule has 5 N–H and O–H groups in total. The second-order valence-corrected chi connectivity index (χ2v) is 4.50. The van der Waals surface area contributed by atoms with Crippen molar-refractivity contribution in [1.82, 2.24) is 4.98 Å².